The van der Waals surface area contributed by atoms with Crippen LogP contribution < -0.4 is 5.32 Å². The Morgan fingerprint density at radius 1 is 1.41 bits per heavy atom. The van der Waals surface area contributed by atoms with E-state index < -0.39 is 0 Å². The molecule has 1 saturated heterocycles. The summed E-state index contributed by atoms with van der Waals surface area (Å²) in [4.78, 5) is 14.2. The summed E-state index contributed by atoms with van der Waals surface area (Å²) in [6.07, 6.45) is 5.32. The van der Waals surface area contributed by atoms with Crippen molar-refractivity contribution in [1.82, 2.24) is 10.2 Å². The number of rotatable bonds is 3. The molecule has 1 amide bonds. The quantitative estimate of drug-likeness (QED) is 0.817. The first-order valence-electron chi connectivity index (χ1n) is 7.10. The molecular weight excluding hydrogens is 212 g/mol. The zero-order valence-electron chi connectivity index (χ0n) is 11.4. The fraction of sp³-hybridized carbons (Fsp3) is 0.929. The maximum atomic E-state index is 12.2. The number of nitrogens with zero attached hydrogens (tertiary/aromatic N) is 1. The van der Waals surface area contributed by atoms with Crippen LogP contribution in [0.5, 0.6) is 0 Å². The first kappa shape index (κ1) is 12.9. The van der Waals surface area contributed by atoms with Crippen LogP contribution in [-0.4, -0.2) is 30.1 Å². The number of amides is 1. The largest absolute Gasteiger partial charge is 0.328 e. The van der Waals surface area contributed by atoms with E-state index in [1.54, 1.807) is 0 Å². The third-order valence-corrected chi connectivity index (χ3v) is 4.27. The van der Waals surface area contributed by atoms with Gasteiger partial charge in [-0.05, 0) is 30.6 Å². The first-order valence-corrected chi connectivity index (χ1v) is 7.10. The van der Waals surface area contributed by atoms with Crippen molar-refractivity contribution < 1.29 is 4.79 Å². The summed E-state index contributed by atoms with van der Waals surface area (Å²) < 4.78 is 0. The Labute approximate surface area is 105 Å². The van der Waals surface area contributed by atoms with Crippen molar-refractivity contribution in [3.05, 3.63) is 0 Å². The van der Waals surface area contributed by atoms with E-state index in [0.29, 0.717) is 11.8 Å². The Kier molecular flexibility index (Phi) is 4.08. The molecule has 0 aromatic rings. The van der Waals surface area contributed by atoms with Gasteiger partial charge < -0.3 is 4.90 Å². The lowest BCUT2D eigenvalue weighted by atomic mass is 9.82. The summed E-state index contributed by atoms with van der Waals surface area (Å²) in [5.74, 6) is 2.30. The van der Waals surface area contributed by atoms with Crippen molar-refractivity contribution in [3.63, 3.8) is 0 Å². The molecule has 2 fully saturated rings. The number of hydrogen-bond donors (Lipinski definition) is 1. The van der Waals surface area contributed by atoms with Crippen molar-refractivity contribution in [3.8, 4) is 0 Å². The lowest BCUT2D eigenvalue weighted by Crippen LogP contribution is -2.37. The number of carbonyl (C=O) groups excluding carboxylic acids is 1. The topological polar surface area (TPSA) is 32.3 Å². The van der Waals surface area contributed by atoms with Crippen molar-refractivity contribution >= 4 is 5.91 Å². The van der Waals surface area contributed by atoms with E-state index in [2.05, 4.69) is 26.1 Å². The minimum Gasteiger partial charge on any atom is -0.328 e. The second kappa shape index (κ2) is 5.38. The SMILES string of the molecule is CC1CCCC(CN2CNC(C(C)C)C2=O)C1. The van der Waals surface area contributed by atoms with E-state index in [0.717, 1.165) is 25.0 Å². The second-order valence-electron chi connectivity index (χ2n) is 6.28. The van der Waals surface area contributed by atoms with Crippen molar-refractivity contribution in [2.45, 2.75) is 52.5 Å². The molecule has 3 unspecified atom stereocenters. The highest BCUT2D eigenvalue weighted by atomic mass is 16.2. The van der Waals surface area contributed by atoms with Gasteiger partial charge >= 0.3 is 0 Å². The van der Waals surface area contributed by atoms with Gasteiger partial charge in [0.05, 0.1) is 12.7 Å². The molecule has 0 spiro atoms. The average Bonchev–Trinajstić information content (AvgIpc) is 2.61. The molecule has 1 aliphatic heterocycles. The Hall–Kier alpha value is -0.570. The maximum Gasteiger partial charge on any atom is 0.241 e. The summed E-state index contributed by atoms with van der Waals surface area (Å²) in [5.41, 5.74) is 0. The minimum atomic E-state index is 0.0519. The molecule has 17 heavy (non-hydrogen) atoms. The van der Waals surface area contributed by atoms with Crippen molar-refractivity contribution in [2.24, 2.45) is 17.8 Å². The van der Waals surface area contributed by atoms with E-state index in [4.69, 9.17) is 0 Å². The second-order valence-corrected chi connectivity index (χ2v) is 6.28. The van der Waals surface area contributed by atoms with Gasteiger partial charge in [-0.25, -0.2) is 0 Å². The van der Waals surface area contributed by atoms with Crippen LogP contribution in [0.15, 0.2) is 0 Å². The Balaban J connectivity index is 1.85. The van der Waals surface area contributed by atoms with Crippen molar-refractivity contribution in [2.75, 3.05) is 13.2 Å². The Morgan fingerprint density at radius 2 is 2.18 bits per heavy atom. The molecule has 0 radical (unpaired) electrons. The van der Waals surface area contributed by atoms with Crippen LogP contribution in [0.25, 0.3) is 0 Å². The van der Waals surface area contributed by atoms with Gasteiger partial charge in [0.1, 0.15) is 0 Å². The third-order valence-electron chi connectivity index (χ3n) is 4.27. The minimum absolute atomic E-state index is 0.0519. The molecule has 0 aromatic carbocycles. The lowest BCUT2D eigenvalue weighted by Gasteiger charge is -2.30. The molecule has 1 aliphatic carbocycles. The van der Waals surface area contributed by atoms with Gasteiger partial charge in [0.2, 0.25) is 5.91 Å². The fourth-order valence-electron chi connectivity index (χ4n) is 3.28. The lowest BCUT2D eigenvalue weighted by molar-refractivity contribution is -0.130. The average molecular weight is 238 g/mol. The standard InChI is InChI=1S/C14H26N2O/c1-10(2)13-14(17)16(9-15-13)8-12-6-4-5-11(3)7-12/h10-13,15H,4-9H2,1-3H3. The molecule has 3 nitrogen and oxygen atoms in total. The van der Waals surface area contributed by atoms with Crippen LogP contribution in [0, 0.1) is 17.8 Å². The molecular formula is C14H26N2O. The summed E-state index contributed by atoms with van der Waals surface area (Å²) in [5, 5.41) is 3.33. The molecule has 3 heteroatoms. The van der Waals surface area contributed by atoms with Gasteiger partial charge in [-0.3, -0.25) is 10.1 Å². The van der Waals surface area contributed by atoms with E-state index in [1.165, 1.54) is 25.7 Å². The zero-order valence-corrected chi connectivity index (χ0v) is 11.4. The third kappa shape index (κ3) is 3.01. The van der Waals surface area contributed by atoms with Gasteiger partial charge in [-0.1, -0.05) is 33.6 Å². The molecule has 1 N–H and O–H groups in total. The van der Waals surface area contributed by atoms with Gasteiger partial charge in [-0.15, -0.1) is 0 Å². The highest BCUT2D eigenvalue weighted by molar-refractivity contribution is 5.84. The summed E-state index contributed by atoms with van der Waals surface area (Å²) in [7, 11) is 0. The highest BCUT2D eigenvalue weighted by Crippen LogP contribution is 2.29. The van der Waals surface area contributed by atoms with E-state index >= 15 is 0 Å². The van der Waals surface area contributed by atoms with Gasteiger partial charge in [0.25, 0.3) is 0 Å². The summed E-state index contributed by atoms with van der Waals surface area (Å²) in [6, 6.07) is 0.0519. The van der Waals surface area contributed by atoms with Crippen LogP contribution in [0.2, 0.25) is 0 Å². The summed E-state index contributed by atoms with van der Waals surface area (Å²) in [6.45, 7) is 8.29. The fourth-order valence-corrected chi connectivity index (χ4v) is 3.28. The smallest absolute Gasteiger partial charge is 0.241 e. The predicted octanol–water partition coefficient (Wildman–Crippen LogP) is 2.23. The maximum absolute atomic E-state index is 12.2. The zero-order chi connectivity index (χ0) is 12.4. The van der Waals surface area contributed by atoms with Crippen LogP contribution >= 0.6 is 0 Å². The molecule has 1 saturated carbocycles. The molecule has 0 bridgehead atoms. The molecule has 2 aliphatic rings. The van der Waals surface area contributed by atoms with Gasteiger partial charge in [0, 0.05) is 6.54 Å². The molecule has 3 atom stereocenters. The molecule has 98 valence electrons. The predicted molar refractivity (Wildman–Crippen MR) is 69.5 cm³/mol. The van der Waals surface area contributed by atoms with E-state index in [9.17, 15) is 4.79 Å². The molecule has 1 heterocycles. The van der Waals surface area contributed by atoms with Crippen LogP contribution in [0.4, 0.5) is 0 Å². The molecule has 2 rings (SSSR count). The first-order chi connectivity index (χ1) is 8.08. The van der Waals surface area contributed by atoms with Gasteiger partial charge in [0.15, 0.2) is 0 Å². The number of nitrogens with one attached hydrogen (secondary N) is 1. The van der Waals surface area contributed by atoms with Crippen LogP contribution in [0.1, 0.15) is 46.5 Å². The summed E-state index contributed by atoms with van der Waals surface area (Å²) >= 11 is 0. The highest BCUT2D eigenvalue weighted by Gasteiger charge is 2.34. The molecule has 0 aromatic heterocycles. The normalized spacial score (nSPS) is 34.7. The van der Waals surface area contributed by atoms with Crippen LogP contribution in [-0.2, 0) is 4.79 Å². The Bertz CT molecular complexity index is 277. The van der Waals surface area contributed by atoms with Gasteiger partial charge in [-0.2, -0.15) is 0 Å². The monoisotopic (exact) mass is 238 g/mol. The Morgan fingerprint density at radius 3 is 2.76 bits per heavy atom. The number of hydrogen-bond acceptors (Lipinski definition) is 2. The van der Waals surface area contributed by atoms with E-state index in [1.807, 2.05) is 4.90 Å². The van der Waals surface area contributed by atoms with Crippen molar-refractivity contribution in [1.29, 1.82) is 0 Å². The van der Waals surface area contributed by atoms with E-state index in [-0.39, 0.29) is 6.04 Å². The number of carbonyl (C=O) groups is 1. The van der Waals surface area contributed by atoms with Crippen LogP contribution in [0.3, 0.4) is 0 Å².